The highest BCUT2D eigenvalue weighted by Crippen LogP contribution is 2.29. The summed E-state index contributed by atoms with van der Waals surface area (Å²) >= 11 is 0. The maximum Gasteiger partial charge on any atom is 0.114 e. The van der Waals surface area contributed by atoms with Crippen molar-refractivity contribution in [2.24, 2.45) is 0 Å². The minimum absolute atomic E-state index is 0.123. The molecule has 0 aromatic rings. The number of rotatable bonds is 3. The van der Waals surface area contributed by atoms with Crippen LogP contribution in [-0.2, 0) is 14.2 Å². The number of nitrogens with one attached hydrogen (secondary N) is 1. The molecule has 4 nitrogen and oxygen atoms in total. The lowest BCUT2D eigenvalue weighted by Gasteiger charge is -2.27. The van der Waals surface area contributed by atoms with Crippen molar-refractivity contribution < 1.29 is 14.2 Å². The van der Waals surface area contributed by atoms with Crippen molar-refractivity contribution in [2.75, 3.05) is 20.3 Å². The first-order valence-corrected chi connectivity index (χ1v) is 6.90. The van der Waals surface area contributed by atoms with Crippen molar-refractivity contribution >= 4 is 0 Å². The third kappa shape index (κ3) is 2.36. The van der Waals surface area contributed by atoms with E-state index in [0.717, 1.165) is 6.61 Å². The zero-order chi connectivity index (χ0) is 11.7. The molecule has 17 heavy (non-hydrogen) atoms. The number of hydrogen-bond acceptors (Lipinski definition) is 4. The number of fused-ring (bicyclic) bond motifs is 1. The van der Waals surface area contributed by atoms with Crippen LogP contribution in [0, 0.1) is 0 Å². The largest absolute Gasteiger partial charge is 0.376 e. The predicted molar refractivity (Wildman–Crippen MR) is 64.1 cm³/mol. The fourth-order valence-electron chi connectivity index (χ4n) is 3.38. The second-order valence-corrected chi connectivity index (χ2v) is 5.48. The van der Waals surface area contributed by atoms with Crippen LogP contribution in [0.25, 0.3) is 0 Å². The molecule has 0 aromatic carbocycles. The van der Waals surface area contributed by atoms with Gasteiger partial charge in [-0.25, -0.2) is 0 Å². The lowest BCUT2D eigenvalue weighted by molar-refractivity contribution is -0.00844. The predicted octanol–water partition coefficient (Wildman–Crippen LogP) is 1.09. The van der Waals surface area contributed by atoms with E-state index in [4.69, 9.17) is 14.2 Å². The van der Waals surface area contributed by atoms with Gasteiger partial charge >= 0.3 is 0 Å². The summed E-state index contributed by atoms with van der Waals surface area (Å²) in [4.78, 5) is 0. The SMILES string of the molecule is CO[C@H]1CO[C@H]2[C@@H]1OC[C@@H]2NC1CCCCC1. The molecule has 3 aliphatic rings. The van der Waals surface area contributed by atoms with Crippen LogP contribution in [0.2, 0.25) is 0 Å². The van der Waals surface area contributed by atoms with E-state index >= 15 is 0 Å². The molecular weight excluding hydrogens is 218 g/mol. The summed E-state index contributed by atoms with van der Waals surface area (Å²) in [5.74, 6) is 0. The molecule has 3 fully saturated rings. The molecule has 1 aliphatic carbocycles. The molecule has 2 saturated heterocycles. The van der Waals surface area contributed by atoms with Crippen molar-refractivity contribution in [3.63, 3.8) is 0 Å². The smallest absolute Gasteiger partial charge is 0.114 e. The Kier molecular flexibility index (Phi) is 3.66. The Morgan fingerprint density at radius 2 is 1.76 bits per heavy atom. The zero-order valence-corrected chi connectivity index (χ0v) is 10.6. The lowest BCUT2D eigenvalue weighted by Crippen LogP contribution is -2.46. The molecule has 0 aromatic heterocycles. The summed E-state index contributed by atoms with van der Waals surface area (Å²) in [6.07, 6.45) is 7.19. The summed E-state index contributed by atoms with van der Waals surface area (Å²) in [5, 5.41) is 3.73. The molecule has 0 radical (unpaired) electrons. The van der Waals surface area contributed by atoms with Crippen molar-refractivity contribution in [2.45, 2.75) is 62.5 Å². The van der Waals surface area contributed by atoms with Gasteiger partial charge in [-0.05, 0) is 12.8 Å². The first kappa shape index (κ1) is 11.9. The Balaban J connectivity index is 1.55. The van der Waals surface area contributed by atoms with Crippen LogP contribution >= 0.6 is 0 Å². The van der Waals surface area contributed by atoms with Crippen molar-refractivity contribution in [1.82, 2.24) is 5.32 Å². The first-order chi connectivity index (χ1) is 8.38. The maximum absolute atomic E-state index is 5.82. The standard InChI is InChI=1S/C13H23NO3/c1-15-11-8-17-12-10(7-16-13(11)12)14-9-5-3-2-4-6-9/h9-14H,2-8H2,1H3/t10-,11-,12+,13+/m0/s1. The number of methoxy groups -OCH3 is 1. The van der Waals surface area contributed by atoms with Crippen LogP contribution in [0.4, 0.5) is 0 Å². The van der Waals surface area contributed by atoms with E-state index in [1.807, 2.05) is 0 Å². The Labute approximate surface area is 103 Å². The second-order valence-electron chi connectivity index (χ2n) is 5.48. The van der Waals surface area contributed by atoms with Gasteiger partial charge in [-0.1, -0.05) is 19.3 Å². The Morgan fingerprint density at radius 1 is 1.00 bits per heavy atom. The van der Waals surface area contributed by atoms with Gasteiger partial charge in [-0.2, -0.15) is 0 Å². The summed E-state index contributed by atoms with van der Waals surface area (Å²) in [7, 11) is 1.74. The highest BCUT2D eigenvalue weighted by atomic mass is 16.6. The highest BCUT2D eigenvalue weighted by molar-refractivity contribution is 4.99. The normalized spacial score (nSPS) is 42.9. The molecule has 1 saturated carbocycles. The van der Waals surface area contributed by atoms with Crippen molar-refractivity contribution in [3.8, 4) is 0 Å². The summed E-state index contributed by atoms with van der Waals surface area (Å²) < 4.78 is 17.0. The molecule has 2 aliphatic heterocycles. The molecule has 1 N–H and O–H groups in total. The summed E-state index contributed by atoms with van der Waals surface area (Å²) in [6.45, 7) is 1.44. The van der Waals surface area contributed by atoms with Crippen LogP contribution in [0.5, 0.6) is 0 Å². The molecule has 0 bridgehead atoms. The first-order valence-electron chi connectivity index (χ1n) is 6.90. The van der Waals surface area contributed by atoms with E-state index in [1.54, 1.807) is 7.11 Å². The number of ether oxygens (including phenoxy) is 3. The van der Waals surface area contributed by atoms with Gasteiger partial charge in [0, 0.05) is 13.2 Å². The van der Waals surface area contributed by atoms with Crippen molar-refractivity contribution in [3.05, 3.63) is 0 Å². The van der Waals surface area contributed by atoms with Gasteiger partial charge in [0.25, 0.3) is 0 Å². The van der Waals surface area contributed by atoms with E-state index in [2.05, 4.69) is 5.32 Å². The lowest BCUT2D eigenvalue weighted by atomic mass is 9.94. The van der Waals surface area contributed by atoms with E-state index < -0.39 is 0 Å². The molecule has 4 heteroatoms. The van der Waals surface area contributed by atoms with Gasteiger partial charge in [0.1, 0.15) is 18.3 Å². The minimum atomic E-state index is 0.123. The zero-order valence-electron chi connectivity index (χ0n) is 10.6. The Bertz CT molecular complexity index is 255. The topological polar surface area (TPSA) is 39.7 Å². The van der Waals surface area contributed by atoms with Crippen LogP contribution < -0.4 is 5.32 Å². The number of hydrogen-bond donors (Lipinski definition) is 1. The van der Waals surface area contributed by atoms with Gasteiger partial charge in [0.2, 0.25) is 0 Å². The summed E-state index contributed by atoms with van der Waals surface area (Å²) in [6, 6.07) is 1.03. The third-order valence-corrected chi connectivity index (χ3v) is 4.37. The van der Waals surface area contributed by atoms with Gasteiger partial charge in [0.05, 0.1) is 19.3 Å². The van der Waals surface area contributed by atoms with Crippen molar-refractivity contribution in [1.29, 1.82) is 0 Å². The molecule has 2 heterocycles. The van der Waals surface area contributed by atoms with E-state index in [-0.39, 0.29) is 18.3 Å². The van der Waals surface area contributed by atoms with Crippen LogP contribution in [0.15, 0.2) is 0 Å². The van der Waals surface area contributed by atoms with E-state index in [0.29, 0.717) is 18.7 Å². The second kappa shape index (κ2) is 5.22. The van der Waals surface area contributed by atoms with Crippen LogP contribution in [0.1, 0.15) is 32.1 Å². The van der Waals surface area contributed by atoms with Gasteiger partial charge in [0.15, 0.2) is 0 Å². The monoisotopic (exact) mass is 241 g/mol. The Hall–Kier alpha value is -0.160. The molecule has 0 spiro atoms. The molecule has 3 rings (SSSR count). The third-order valence-electron chi connectivity index (χ3n) is 4.37. The quantitative estimate of drug-likeness (QED) is 0.803. The fraction of sp³-hybridized carbons (Fsp3) is 1.00. The average Bonchev–Trinajstić information content (AvgIpc) is 2.93. The maximum atomic E-state index is 5.82. The molecule has 4 atom stereocenters. The van der Waals surface area contributed by atoms with Gasteiger partial charge in [-0.3, -0.25) is 0 Å². The molecule has 98 valence electrons. The van der Waals surface area contributed by atoms with Crippen LogP contribution in [0.3, 0.4) is 0 Å². The molecule has 0 unspecified atom stereocenters. The summed E-state index contributed by atoms with van der Waals surface area (Å²) in [5.41, 5.74) is 0. The van der Waals surface area contributed by atoms with Crippen LogP contribution in [-0.4, -0.2) is 50.7 Å². The Morgan fingerprint density at radius 3 is 2.53 bits per heavy atom. The van der Waals surface area contributed by atoms with E-state index in [1.165, 1.54) is 32.1 Å². The molecule has 0 amide bonds. The fourth-order valence-corrected chi connectivity index (χ4v) is 3.38. The van der Waals surface area contributed by atoms with E-state index in [9.17, 15) is 0 Å². The average molecular weight is 241 g/mol. The van der Waals surface area contributed by atoms with Gasteiger partial charge in [-0.15, -0.1) is 0 Å². The highest BCUT2D eigenvalue weighted by Gasteiger charge is 2.48. The molecular formula is C13H23NO3. The minimum Gasteiger partial charge on any atom is -0.376 e. The van der Waals surface area contributed by atoms with Gasteiger partial charge < -0.3 is 19.5 Å².